The van der Waals surface area contributed by atoms with Crippen molar-refractivity contribution in [1.82, 2.24) is 10.6 Å². The topological polar surface area (TPSA) is 70.7 Å². The number of carbonyl (C=O) groups is 2. The molecule has 0 aliphatic carbocycles. The van der Waals surface area contributed by atoms with Gasteiger partial charge in [0.1, 0.15) is 5.75 Å². The minimum atomic E-state index is -0.287. The molecule has 3 fully saturated rings. The van der Waals surface area contributed by atoms with E-state index in [1.54, 1.807) is 12.0 Å². The Hall–Kier alpha value is -2.08. The summed E-state index contributed by atoms with van der Waals surface area (Å²) in [4.78, 5) is 26.8. The number of anilines is 1. The molecular weight excluding hydrogens is 318 g/mol. The Balaban J connectivity index is 1.40. The van der Waals surface area contributed by atoms with Crippen molar-refractivity contribution in [1.29, 1.82) is 0 Å². The molecule has 2 N–H and O–H groups in total. The summed E-state index contributed by atoms with van der Waals surface area (Å²) in [5, 5.41) is 6.78. The summed E-state index contributed by atoms with van der Waals surface area (Å²) in [5.74, 6) is 0.365. The second-order valence-corrected chi connectivity index (χ2v) is 7.39. The molecule has 134 valence electrons. The highest BCUT2D eigenvalue weighted by molar-refractivity contribution is 6.01. The van der Waals surface area contributed by atoms with Gasteiger partial charge in [0.05, 0.1) is 18.7 Å². The SMILES string of the molecule is COc1ccccc1N1CC(C(=O)NC2CC3CCC(C2)N3)CC1=O. The van der Waals surface area contributed by atoms with Crippen molar-refractivity contribution in [3.8, 4) is 5.75 Å². The first-order chi connectivity index (χ1) is 12.1. The van der Waals surface area contributed by atoms with Crippen LogP contribution >= 0.6 is 0 Å². The fraction of sp³-hybridized carbons (Fsp3) is 0.579. The lowest BCUT2D eigenvalue weighted by molar-refractivity contribution is -0.127. The van der Waals surface area contributed by atoms with Crippen molar-refractivity contribution in [3.05, 3.63) is 24.3 Å². The third kappa shape index (κ3) is 3.23. The van der Waals surface area contributed by atoms with E-state index in [4.69, 9.17) is 4.74 Å². The van der Waals surface area contributed by atoms with Crippen LogP contribution in [0.4, 0.5) is 5.69 Å². The van der Waals surface area contributed by atoms with E-state index in [9.17, 15) is 9.59 Å². The van der Waals surface area contributed by atoms with Crippen LogP contribution in [0.5, 0.6) is 5.75 Å². The predicted molar refractivity (Wildman–Crippen MR) is 94.6 cm³/mol. The van der Waals surface area contributed by atoms with E-state index in [-0.39, 0.29) is 30.2 Å². The molecule has 6 heteroatoms. The molecule has 2 amide bonds. The average Bonchev–Trinajstić information content (AvgIpc) is 3.17. The first kappa shape index (κ1) is 16.4. The number of fused-ring (bicyclic) bond motifs is 2. The van der Waals surface area contributed by atoms with Crippen LogP contribution in [0.2, 0.25) is 0 Å². The van der Waals surface area contributed by atoms with Gasteiger partial charge in [-0.05, 0) is 37.8 Å². The molecule has 1 aromatic carbocycles. The first-order valence-electron chi connectivity index (χ1n) is 9.14. The maximum absolute atomic E-state index is 12.7. The van der Waals surface area contributed by atoms with Crippen molar-refractivity contribution >= 4 is 17.5 Å². The number of benzene rings is 1. The normalized spacial score (nSPS) is 31.2. The van der Waals surface area contributed by atoms with Crippen LogP contribution in [0.15, 0.2) is 24.3 Å². The van der Waals surface area contributed by atoms with Crippen molar-refractivity contribution in [2.24, 2.45) is 5.92 Å². The minimum Gasteiger partial charge on any atom is -0.495 e. The molecule has 0 aromatic heterocycles. The van der Waals surface area contributed by atoms with Crippen LogP contribution in [-0.2, 0) is 9.59 Å². The lowest BCUT2D eigenvalue weighted by atomic mass is 9.98. The van der Waals surface area contributed by atoms with Crippen molar-refractivity contribution < 1.29 is 14.3 Å². The zero-order chi connectivity index (χ0) is 17.4. The van der Waals surface area contributed by atoms with Crippen LogP contribution in [0.25, 0.3) is 0 Å². The molecule has 3 unspecified atom stereocenters. The highest BCUT2D eigenvalue weighted by Gasteiger charge is 2.39. The van der Waals surface area contributed by atoms with Gasteiger partial charge in [-0.1, -0.05) is 12.1 Å². The number of para-hydroxylation sites is 2. The van der Waals surface area contributed by atoms with Crippen LogP contribution in [0, 0.1) is 5.92 Å². The smallest absolute Gasteiger partial charge is 0.227 e. The number of ether oxygens (including phenoxy) is 1. The maximum atomic E-state index is 12.7. The van der Waals surface area contributed by atoms with Gasteiger partial charge in [-0.3, -0.25) is 9.59 Å². The number of carbonyl (C=O) groups excluding carboxylic acids is 2. The summed E-state index contributed by atoms with van der Waals surface area (Å²) in [5.41, 5.74) is 0.741. The number of piperidine rings is 1. The number of hydrogen-bond acceptors (Lipinski definition) is 4. The van der Waals surface area contributed by atoms with E-state index in [0.717, 1.165) is 18.5 Å². The maximum Gasteiger partial charge on any atom is 0.227 e. The molecule has 6 nitrogen and oxygen atoms in total. The van der Waals surface area contributed by atoms with Gasteiger partial charge in [-0.2, -0.15) is 0 Å². The molecule has 1 aromatic rings. The third-order valence-electron chi connectivity index (χ3n) is 5.69. The lowest BCUT2D eigenvalue weighted by Gasteiger charge is -2.30. The zero-order valence-electron chi connectivity index (χ0n) is 14.5. The molecule has 0 radical (unpaired) electrons. The number of nitrogens with one attached hydrogen (secondary N) is 2. The molecule has 25 heavy (non-hydrogen) atoms. The van der Waals surface area contributed by atoms with Gasteiger partial charge in [0, 0.05) is 31.1 Å². The Morgan fingerprint density at radius 1 is 1.24 bits per heavy atom. The Morgan fingerprint density at radius 2 is 1.96 bits per heavy atom. The average molecular weight is 343 g/mol. The first-order valence-corrected chi connectivity index (χ1v) is 9.14. The largest absolute Gasteiger partial charge is 0.495 e. The van der Waals surface area contributed by atoms with Crippen molar-refractivity contribution in [3.63, 3.8) is 0 Å². The monoisotopic (exact) mass is 343 g/mol. The molecule has 3 atom stereocenters. The summed E-state index contributed by atoms with van der Waals surface area (Å²) in [6.45, 7) is 0.420. The fourth-order valence-corrected chi connectivity index (χ4v) is 4.46. The van der Waals surface area contributed by atoms with Crippen molar-refractivity contribution in [2.45, 2.75) is 50.2 Å². The molecule has 3 heterocycles. The summed E-state index contributed by atoms with van der Waals surface area (Å²) in [6.07, 6.45) is 4.68. The van der Waals surface area contributed by atoms with E-state index in [1.807, 2.05) is 24.3 Å². The van der Waals surface area contributed by atoms with Crippen LogP contribution in [0.1, 0.15) is 32.1 Å². The molecule has 3 aliphatic heterocycles. The molecule has 3 aliphatic rings. The van der Waals surface area contributed by atoms with E-state index in [0.29, 0.717) is 24.4 Å². The number of nitrogens with zero attached hydrogens (tertiary/aromatic N) is 1. The predicted octanol–water partition coefficient (Wildman–Crippen LogP) is 1.45. The molecule has 3 saturated heterocycles. The second-order valence-electron chi connectivity index (χ2n) is 7.39. The van der Waals surface area contributed by atoms with E-state index in [1.165, 1.54) is 12.8 Å². The number of hydrogen-bond donors (Lipinski definition) is 2. The van der Waals surface area contributed by atoms with Gasteiger partial charge in [-0.15, -0.1) is 0 Å². The third-order valence-corrected chi connectivity index (χ3v) is 5.69. The van der Waals surface area contributed by atoms with Gasteiger partial charge >= 0.3 is 0 Å². The van der Waals surface area contributed by atoms with Crippen LogP contribution in [0.3, 0.4) is 0 Å². The number of methoxy groups -OCH3 is 1. The lowest BCUT2D eigenvalue weighted by Crippen LogP contribution is -2.49. The Kier molecular flexibility index (Phi) is 4.37. The molecule has 0 spiro atoms. The molecule has 4 rings (SSSR count). The Labute approximate surface area is 147 Å². The van der Waals surface area contributed by atoms with Gasteiger partial charge in [0.15, 0.2) is 0 Å². The number of amides is 2. The summed E-state index contributed by atoms with van der Waals surface area (Å²) < 4.78 is 5.35. The Morgan fingerprint density at radius 3 is 2.68 bits per heavy atom. The van der Waals surface area contributed by atoms with E-state index >= 15 is 0 Å². The highest BCUT2D eigenvalue weighted by Crippen LogP contribution is 2.33. The quantitative estimate of drug-likeness (QED) is 0.868. The standard InChI is InChI=1S/C19H25N3O3/c1-25-17-5-3-2-4-16(17)22-11-12(8-18(22)23)19(24)21-15-9-13-6-7-14(10-15)20-13/h2-5,12-15,20H,6-11H2,1H3,(H,21,24). The highest BCUT2D eigenvalue weighted by atomic mass is 16.5. The van der Waals surface area contributed by atoms with Crippen molar-refractivity contribution in [2.75, 3.05) is 18.6 Å². The zero-order valence-corrected chi connectivity index (χ0v) is 14.5. The second kappa shape index (κ2) is 6.67. The van der Waals surface area contributed by atoms with Gasteiger partial charge < -0.3 is 20.3 Å². The van der Waals surface area contributed by atoms with Crippen LogP contribution < -0.4 is 20.3 Å². The van der Waals surface area contributed by atoms with E-state index < -0.39 is 0 Å². The summed E-state index contributed by atoms with van der Waals surface area (Å²) >= 11 is 0. The van der Waals surface area contributed by atoms with Crippen LogP contribution in [-0.4, -0.2) is 43.6 Å². The molecular formula is C19H25N3O3. The summed E-state index contributed by atoms with van der Waals surface area (Å²) in [6, 6.07) is 8.77. The fourth-order valence-electron chi connectivity index (χ4n) is 4.46. The minimum absolute atomic E-state index is 0.0112. The summed E-state index contributed by atoms with van der Waals surface area (Å²) in [7, 11) is 1.59. The number of rotatable bonds is 4. The van der Waals surface area contributed by atoms with Gasteiger partial charge in [0.25, 0.3) is 0 Å². The van der Waals surface area contributed by atoms with E-state index in [2.05, 4.69) is 10.6 Å². The van der Waals surface area contributed by atoms with Gasteiger partial charge in [0.2, 0.25) is 11.8 Å². The van der Waals surface area contributed by atoms with Gasteiger partial charge in [-0.25, -0.2) is 0 Å². The Bertz CT molecular complexity index is 666. The molecule has 0 saturated carbocycles. The molecule has 2 bridgehead atoms.